The van der Waals surface area contributed by atoms with Crippen molar-refractivity contribution < 1.29 is 33.6 Å². The van der Waals surface area contributed by atoms with E-state index in [0.717, 1.165) is 32.1 Å². The molecule has 0 aromatic carbocycles. The van der Waals surface area contributed by atoms with Gasteiger partial charge in [0, 0.05) is 19.6 Å². The molecule has 14 heteroatoms. The first-order valence-corrected chi connectivity index (χ1v) is 18.6. The van der Waals surface area contributed by atoms with Crippen LogP contribution in [0.4, 0.5) is 4.79 Å². The highest BCUT2D eigenvalue weighted by molar-refractivity contribution is 6.38. The van der Waals surface area contributed by atoms with E-state index in [0.29, 0.717) is 32.2 Å². The van der Waals surface area contributed by atoms with Crippen LogP contribution in [0.3, 0.4) is 0 Å². The number of nitrogens with one attached hydrogen (secondary N) is 4. The van der Waals surface area contributed by atoms with Crippen molar-refractivity contribution in [1.29, 1.82) is 0 Å². The van der Waals surface area contributed by atoms with Crippen molar-refractivity contribution >= 4 is 41.4 Å². The van der Waals surface area contributed by atoms with Gasteiger partial charge in [-0.1, -0.05) is 85.6 Å². The molecular formula is C37H59N7O7. The van der Waals surface area contributed by atoms with E-state index in [1.807, 2.05) is 20.8 Å². The number of piperazine rings is 1. The van der Waals surface area contributed by atoms with E-state index in [2.05, 4.69) is 41.7 Å². The molecule has 0 radical (unpaired) electrons. The van der Waals surface area contributed by atoms with Gasteiger partial charge in [0.25, 0.3) is 5.91 Å². The highest BCUT2D eigenvalue weighted by Crippen LogP contribution is 2.65. The second kappa shape index (κ2) is 16.7. The molecule has 0 spiro atoms. The minimum Gasteiger partial charge on any atom is -0.346 e. The largest absolute Gasteiger partial charge is 0.346 e. The SMILES string of the molecule is C=CCNC(=O)C(=O)[C@@H]1CCCCCCCCC[C@H](NC(=O)N[C@H](CN2C(=O)CN(C)CC2=O)C(C)(C)C)C(=O)N2C[C@@H]3[C@H]([C@H]2C(=O)N1)C3(C)C. The second-order valence-electron chi connectivity index (χ2n) is 16.5. The molecule has 3 heterocycles. The van der Waals surface area contributed by atoms with Crippen LogP contribution < -0.4 is 21.3 Å². The normalized spacial score (nSPS) is 28.5. The number of Topliss-reactive ketones (excluding diaryl/α,β-unsaturated/α-hetero) is 1. The van der Waals surface area contributed by atoms with Gasteiger partial charge in [-0.15, -0.1) is 6.58 Å². The lowest BCUT2D eigenvalue weighted by atomic mass is 9.86. The molecule has 284 valence electrons. The summed E-state index contributed by atoms with van der Waals surface area (Å²) in [5.41, 5.74) is -0.730. The summed E-state index contributed by atoms with van der Waals surface area (Å²) in [7, 11) is 1.70. The van der Waals surface area contributed by atoms with Crippen LogP contribution in [0.2, 0.25) is 0 Å². The Morgan fingerprint density at radius 3 is 2.14 bits per heavy atom. The molecular weight excluding hydrogens is 654 g/mol. The van der Waals surface area contributed by atoms with Crippen LogP contribution in [0.25, 0.3) is 0 Å². The Morgan fingerprint density at radius 2 is 1.55 bits per heavy atom. The molecule has 14 nitrogen and oxygen atoms in total. The summed E-state index contributed by atoms with van der Waals surface area (Å²) in [6.45, 7) is 14.1. The number of amides is 7. The highest BCUT2D eigenvalue weighted by atomic mass is 16.2. The molecule has 0 bridgehead atoms. The number of hydrogen-bond donors (Lipinski definition) is 4. The fourth-order valence-corrected chi connectivity index (χ4v) is 7.90. The van der Waals surface area contributed by atoms with Crippen LogP contribution in [-0.2, 0) is 28.8 Å². The number of imide groups is 1. The van der Waals surface area contributed by atoms with Crippen LogP contribution in [0, 0.1) is 22.7 Å². The summed E-state index contributed by atoms with van der Waals surface area (Å²) in [5.74, 6) is -3.09. The maximum absolute atomic E-state index is 14.4. The molecule has 4 aliphatic rings. The number of likely N-dealkylation sites (N-methyl/N-ethyl adjacent to an activating group) is 1. The van der Waals surface area contributed by atoms with Crippen LogP contribution in [0.15, 0.2) is 12.7 Å². The predicted octanol–water partition coefficient (Wildman–Crippen LogP) is 1.73. The zero-order chi connectivity index (χ0) is 37.7. The maximum atomic E-state index is 14.4. The second-order valence-corrected chi connectivity index (χ2v) is 16.5. The molecule has 1 saturated carbocycles. The van der Waals surface area contributed by atoms with Gasteiger partial charge in [0.2, 0.25) is 29.4 Å². The Labute approximate surface area is 302 Å². The van der Waals surface area contributed by atoms with Gasteiger partial charge in [-0.2, -0.15) is 0 Å². The Bertz CT molecular complexity index is 1360. The minimum atomic E-state index is -1.03. The summed E-state index contributed by atoms with van der Waals surface area (Å²) >= 11 is 0. The lowest BCUT2D eigenvalue weighted by Crippen LogP contribution is -2.62. The van der Waals surface area contributed by atoms with Crippen molar-refractivity contribution in [2.45, 2.75) is 117 Å². The molecule has 0 aromatic heterocycles. The van der Waals surface area contributed by atoms with E-state index in [4.69, 9.17) is 0 Å². The Kier molecular flexibility index (Phi) is 13.1. The third kappa shape index (κ3) is 9.75. The third-order valence-electron chi connectivity index (χ3n) is 11.2. The fourth-order valence-electron chi connectivity index (χ4n) is 7.90. The van der Waals surface area contributed by atoms with Gasteiger partial charge in [0.1, 0.15) is 12.1 Å². The lowest BCUT2D eigenvalue weighted by molar-refractivity contribution is -0.151. The number of fused-ring (bicyclic) bond motifs is 3. The number of carbonyl (C=O) groups is 7. The standard InChI is InChI=1S/C37H59N7O7/c1-8-18-38-33(49)31(47)24-16-14-12-10-9-11-13-15-17-25(34(50)44-19-23-29(37(23,5)6)30(44)32(48)39-24)40-35(51)41-26(36(2,3)4)20-43-27(45)21-42(7)22-28(43)46/h8,23-26,29-30H,1,9-22H2,2-7H3,(H,38,49)(H,39,48)(H2,40,41,51)/t23-,24+,25+,26-,29-,30+/m1/s1. The van der Waals surface area contributed by atoms with Crippen LogP contribution in [0.5, 0.6) is 0 Å². The van der Waals surface area contributed by atoms with Gasteiger partial charge in [-0.05, 0) is 42.6 Å². The van der Waals surface area contributed by atoms with Crippen molar-refractivity contribution in [3.05, 3.63) is 12.7 Å². The third-order valence-corrected chi connectivity index (χ3v) is 11.2. The van der Waals surface area contributed by atoms with Crippen molar-refractivity contribution in [2.75, 3.05) is 39.8 Å². The molecule has 0 aromatic rings. The summed E-state index contributed by atoms with van der Waals surface area (Å²) in [5, 5.41) is 11.2. The number of urea groups is 1. The molecule has 0 unspecified atom stereocenters. The zero-order valence-corrected chi connectivity index (χ0v) is 31.3. The minimum absolute atomic E-state index is 0.000643. The van der Waals surface area contributed by atoms with Gasteiger partial charge in [-0.3, -0.25) is 38.6 Å². The van der Waals surface area contributed by atoms with E-state index in [-0.39, 0.29) is 61.2 Å². The van der Waals surface area contributed by atoms with E-state index in [9.17, 15) is 33.6 Å². The number of hydrogen-bond acceptors (Lipinski definition) is 8. The summed E-state index contributed by atoms with van der Waals surface area (Å²) < 4.78 is 0. The van der Waals surface area contributed by atoms with Gasteiger partial charge in [0.05, 0.1) is 25.2 Å². The van der Waals surface area contributed by atoms with E-state index in [1.165, 1.54) is 11.0 Å². The molecule has 3 aliphatic heterocycles. The first kappa shape index (κ1) is 40.0. The Balaban J connectivity index is 1.55. The van der Waals surface area contributed by atoms with E-state index in [1.54, 1.807) is 16.8 Å². The van der Waals surface area contributed by atoms with E-state index < -0.39 is 53.2 Å². The summed E-state index contributed by atoms with van der Waals surface area (Å²) in [6.07, 6.45) is 8.08. The molecule has 7 amide bonds. The maximum Gasteiger partial charge on any atom is 0.315 e. The lowest BCUT2D eigenvalue weighted by Gasteiger charge is -2.38. The molecule has 4 fully saturated rings. The topological polar surface area (TPSA) is 177 Å². The van der Waals surface area contributed by atoms with E-state index >= 15 is 0 Å². The van der Waals surface area contributed by atoms with Crippen LogP contribution >= 0.6 is 0 Å². The summed E-state index contributed by atoms with van der Waals surface area (Å²) in [6, 6.07) is -4.02. The number of ketones is 1. The van der Waals surface area contributed by atoms with Crippen molar-refractivity contribution in [3.63, 3.8) is 0 Å². The van der Waals surface area contributed by atoms with Crippen molar-refractivity contribution in [1.82, 2.24) is 36.0 Å². The fraction of sp³-hybridized carbons (Fsp3) is 0.757. The number of carbonyl (C=O) groups excluding carboxylic acids is 7. The first-order chi connectivity index (χ1) is 24.0. The monoisotopic (exact) mass is 713 g/mol. The Morgan fingerprint density at radius 1 is 0.961 bits per heavy atom. The quantitative estimate of drug-likeness (QED) is 0.167. The summed E-state index contributed by atoms with van der Waals surface area (Å²) in [4.78, 5) is 97.9. The van der Waals surface area contributed by atoms with Crippen LogP contribution in [0.1, 0.15) is 92.4 Å². The molecule has 51 heavy (non-hydrogen) atoms. The number of rotatable bonds is 8. The van der Waals surface area contributed by atoms with Gasteiger partial charge in [-0.25, -0.2) is 4.79 Å². The average molecular weight is 714 g/mol. The number of piperidine rings is 1. The smallest absolute Gasteiger partial charge is 0.315 e. The molecule has 1 aliphatic carbocycles. The van der Waals surface area contributed by atoms with Crippen molar-refractivity contribution in [3.8, 4) is 0 Å². The molecule has 4 N–H and O–H groups in total. The Hall–Kier alpha value is -3.81. The van der Waals surface area contributed by atoms with Gasteiger partial charge < -0.3 is 26.2 Å². The number of nitrogens with zero attached hydrogens (tertiary/aromatic N) is 3. The van der Waals surface area contributed by atoms with Gasteiger partial charge >= 0.3 is 6.03 Å². The predicted molar refractivity (Wildman–Crippen MR) is 191 cm³/mol. The average Bonchev–Trinajstić information content (AvgIpc) is 3.35. The van der Waals surface area contributed by atoms with Gasteiger partial charge in [0.15, 0.2) is 0 Å². The van der Waals surface area contributed by atoms with Crippen molar-refractivity contribution in [2.24, 2.45) is 22.7 Å². The molecule has 4 rings (SSSR count). The zero-order valence-electron chi connectivity index (χ0n) is 31.3. The molecule has 6 atom stereocenters. The van der Waals surface area contributed by atoms with Crippen LogP contribution in [-0.4, -0.2) is 120 Å². The first-order valence-electron chi connectivity index (χ1n) is 18.6. The molecule has 3 saturated heterocycles. The highest BCUT2D eigenvalue weighted by Gasteiger charge is 2.69.